The van der Waals surface area contributed by atoms with Gasteiger partial charge >= 0.3 is 5.97 Å². The molecule has 156 valence electrons. The summed E-state index contributed by atoms with van der Waals surface area (Å²) in [5, 5.41) is 15.6. The highest BCUT2D eigenvalue weighted by Gasteiger charge is 2.19. The van der Waals surface area contributed by atoms with Gasteiger partial charge in [-0.05, 0) is 29.8 Å². The fraction of sp³-hybridized carbons (Fsp3) is 0.238. The maximum Gasteiger partial charge on any atom is 0.305 e. The van der Waals surface area contributed by atoms with E-state index in [9.17, 15) is 14.0 Å². The summed E-state index contributed by atoms with van der Waals surface area (Å²) in [5.74, 6) is -0.974. The standard InChI is InChI=1S/C21H20FN3O5/c1-29-14-8-6-13(7-9-14)17(12-20(27)28)23-18(26)10-11-19-24-21(25-30-19)15-4-2-3-5-16(15)22/h2-9,17H,10-12H2,1H3,(H,23,26)(H,27,28). The SMILES string of the molecule is COc1ccc(C(CC(=O)O)NC(=O)CCc2nc(-c3ccccc3F)no2)cc1. The number of hydrogen-bond acceptors (Lipinski definition) is 6. The first kappa shape index (κ1) is 21.0. The molecule has 0 bridgehead atoms. The van der Waals surface area contributed by atoms with E-state index < -0.39 is 17.8 Å². The number of benzene rings is 2. The van der Waals surface area contributed by atoms with Gasteiger partial charge in [0.15, 0.2) is 0 Å². The number of carbonyl (C=O) groups is 2. The van der Waals surface area contributed by atoms with Crippen LogP contribution in [0.4, 0.5) is 4.39 Å². The normalized spacial score (nSPS) is 11.7. The van der Waals surface area contributed by atoms with Crippen molar-refractivity contribution in [1.82, 2.24) is 15.5 Å². The molecule has 0 fully saturated rings. The maximum absolute atomic E-state index is 13.8. The van der Waals surface area contributed by atoms with Gasteiger partial charge in [-0.3, -0.25) is 9.59 Å². The average Bonchev–Trinajstić information content (AvgIpc) is 3.21. The van der Waals surface area contributed by atoms with Crippen LogP contribution in [0.15, 0.2) is 53.1 Å². The molecule has 2 N–H and O–H groups in total. The molecule has 1 heterocycles. The molecule has 3 rings (SSSR count). The number of methoxy groups -OCH3 is 1. The minimum atomic E-state index is -1.04. The van der Waals surface area contributed by atoms with Gasteiger partial charge in [-0.2, -0.15) is 4.98 Å². The number of amides is 1. The fourth-order valence-corrected chi connectivity index (χ4v) is 2.86. The number of nitrogens with zero attached hydrogens (tertiary/aromatic N) is 2. The highest BCUT2D eigenvalue weighted by Crippen LogP contribution is 2.22. The second-order valence-corrected chi connectivity index (χ2v) is 6.48. The third kappa shape index (κ3) is 5.40. The number of aryl methyl sites for hydroxylation is 1. The number of carboxylic acids is 1. The zero-order valence-electron chi connectivity index (χ0n) is 16.2. The Hall–Kier alpha value is -3.75. The molecule has 2 aromatic carbocycles. The van der Waals surface area contributed by atoms with Gasteiger partial charge in [0.25, 0.3) is 0 Å². The van der Waals surface area contributed by atoms with Crippen molar-refractivity contribution in [2.45, 2.75) is 25.3 Å². The molecule has 8 nitrogen and oxygen atoms in total. The fourth-order valence-electron chi connectivity index (χ4n) is 2.86. The molecule has 9 heteroatoms. The lowest BCUT2D eigenvalue weighted by molar-refractivity contribution is -0.137. The zero-order valence-corrected chi connectivity index (χ0v) is 16.2. The minimum absolute atomic E-state index is 0.00514. The predicted molar refractivity (Wildman–Crippen MR) is 104 cm³/mol. The maximum atomic E-state index is 13.8. The average molecular weight is 413 g/mol. The summed E-state index contributed by atoms with van der Waals surface area (Å²) in [6, 6.07) is 12.1. The van der Waals surface area contributed by atoms with Crippen molar-refractivity contribution in [3.05, 3.63) is 65.8 Å². The number of aromatic nitrogens is 2. The van der Waals surface area contributed by atoms with Crippen molar-refractivity contribution in [2.24, 2.45) is 0 Å². The summed E-state index contributed by atoms with van der Waals surface area (Å²) in [6.07, 6.45) is -0.128. The summed E-state index contributed by atoms with van der Waals surface area (Å²) in [6.45, 7) is 0. The van der Waals surface area contributed by atoms with Crippen LogP contribution in [0.5, 0.6) is 5.75 Å². The second-order valence-electron chi connectivity index (χ2n) is 6.48. The van der Waals surface area contributed by atoms with E-state index in [2.05, 4.69) is 15.5 Å². The Morgan fingerprint density at radius 2 is 1.93 bits per heavy atom. The van der Waals surface area contributed by atoms with Gasteiger partial charge in [0.05, 0.1) is 25.1 Å². The number of carboxylic acid groups (broad SMARTS) is 1. The van der Waals surface area contributed by atoms with Gasteiger partial charge in [0.1, 0.15) is 11.6 Å². The molecule has 0 aliphatic heterocycles. The second kappa shape index (κ2) is 9.64. The lowest BCUT2D eigenvalue weighted by Crippen LogP contribution is -2.30. The van der Waals surface area contributed by atoms with Crippen molar-refractivity contribution >= 4 is 11.9 Å². The Kier molecular flexibility index (Phi) is 6.74. The number of aliphatic carboxylic acids is 1. The Morgan fingerprint density at radius 3 is 2.60 bits per heavy atom. The summed E-state index contributed by atoms with van der Waals surface area (Å²) < 4.78 is 24.0. The lowest BCUT2D eigenvalue weighted by atomic mass is 10.0. The molecule has 0 spiro atoms. The molecular formula is C21H20FN3O5. The summed E-state index contributed by atoms with van der Waals surface area (Å²) in [4.78, 5) is 27.7. The summed E-state index contributed by atoms with van der Waals surface area (Å²) in [7, 11) is 1.53. The van der Waals surface area contributed by atoms with Gasteiger partial charge in [-0.1, -0.05) is 29.4 Å². The van der Waals surface area contributed by atoms with Crippen molar-refractivity contribution < 1.29 is 28.3 Å². The first-order valence-electron chi connectivity index (χ1n) is 9.19. The zero-order chi connectivity index (χ0) is 21.5. The summed E-state index contributed by atoms with van der Waals surface area (Å²) in [5.41, 5.74) is 0.851. The lowest BCUT2D eigenvalue weighted by Gasteiger charge is -2.17. The molecule has 1 aromatic heterocycles. The molecule has 0 radical (unpaired) electrons. The van der Waals surface area contributed by atoms with Crippen LogP contribution < -0.4 is 10.1 Å². The molecular weight excluding hydrogens is 393 g/mol. The van der Waals surface area contributed by atoms with E-state index >= 15 is 0 Å². The van der Waals surface area contributed by atoms with E-state index in [0.29, 0.717) is 11.3 Å². The van der Waals surface area contributed by atoms with Crippen LogP contribution in [-0.4, -0.2) is 34.2 Å². The molecule has 1 unspecified atom stereocenters. The predicted octanol–water partition coefficient (Wildman–Crippen LogP) is 3.15. The van der Waals surface area contributed by atoms with Crippen LogP contribution in [0.2, 0.25) is 0 Å². The number of hydrogen-bond donors (Lipinski definition) is 2. The highest BCUT2D eigenvalue weighted by molar-refractivity contribution is 5.78. The van der Waals surface area contributed by atoms with Crippen LogP contribution in [0.1, 0.15) is 30.3 Å². The Balaban J connectivity index is 1.61. The van der Waals surface area contributed by atoms with Crippen molar-refractivity contribution in [1.29, 1.82) is 0 Å². The molecule has 0 saturated heterocycles. The Bertz CT molecular complexity index is 1020. The van der Waals surface area contributed by atoms with Crippen LogP contribution in [0, 0.1) is 5.82 Å². The van der Waals surface area contributed by atoms with E-state index in [4.69, 9.17) is 14.4 Å². The Morgan fingerprint density at radius 1 is 1.20 bits per heavy atom. The van der Waals surface area contributed by atoms with Crippen LogP contribution in [-0.2, 0) is 16.0 Å². The molecule has 3 aromatic rings. The van der Waals surface area contributed by atoms with Crippen molar-refractivity contribution in [2.75, 3.05) is 7.11 Å². The summed E-state index contributed by atoms with van der Waals surface area (Å²) >= 11 is 0. The van der Waals surface area contributed by atoms with Crippen LogP contribution in [0.3, 0.4) is 0 Å². The van der Waals surface area contributed by atoms with E-state index in [-0.39, 0.29) is 42.4 Å². The minimum Gasteiger partial charge on any atom is -0.497 e. The van der Waals surface area contributed by atoms with Crippen molar-refractivity contribution in [3.63, 3.8) is 0 Å². The first-order valence-corrected chi connectivity index (χ1v) is 9.19. The Labute approximate surface area is 171 Å². The number of carbonyl (C=O) groups excluding carboxylic acids is 1. The molecule has 0 aliphatic rings. The third-order valence-electron chi connectivity index (χ3n) is 4.38. The van der Waals surface area contributed by atoms with E-state index in [1.54, 1.807) is 36.4 Å². The third-order valence-corrected chi connectivity index (χ3v) is 4.38. The number of rotatable bonds is 9. The molecule has 30 heavy (non-hydrogen) atoms. The highest BCUT2D eigenvalue weighted by atomic mass is 19.1. The van der Waals surface area contributed by atoms with Gasteiger partial charge < -0.3 is 19.7 Å². The monoisotopic (exact) mass is 413 g/mol. The molecule has 0 saturated carbocycles. The van der Waals surface area contributed by atoms with E-state index in [1.807, 2.05) is 0 Å². The number of ether oxygens (including phenoxy) is 1. The van der Waals surface area contributed by atoms with Gasteiger partial charge in [-0.15, -0.1) is 0 Å². The van der Waals surface area contributed by atoms with E-state index in [1.165, 1.54) is 19.2 Å². The van der Waals surface area contributed by atoms with Gasteiger partial charge in [0, 0.05) is 12.8 Å². The van der Waals surface area contributed by atoms with Crippen molar-refractivity contribution in [3.8, 4) is 17.1 Å². The molecule has 0 aliphatic carbocycles. The quantitative estimate of drug-likeness (QED) is 0.554. The van der Waals surface area contributed by atoms with Gasteiger partial charge in [0.2, 0.25) is 17.6 Å². The molecule has 1 amide bonds. The largest absolute Gasteiger partial charge is 0.497 e. The smallest absolute Gasteiger partial charge is 0.305 e. The molecule has 1 atom stereocenters. The topological polar surface area (TPSA) is 115 Å². The van der Waals surface area contributed by atoms with E-state index in [0.717, 1.165) is 0 Å². The number of halogens is 1. The van der Waals surface area contributed by atoms with Gasteiger partial charge in [-0.25, -0.2) is 4.39 Å². The van der Waals surface area contributed by atoms with Crippen LogP contribution in [0.25, 0.3) is 11.4 Å². The van der Waals surface area contributed by atoms with Crippen LogP contribution >= 0.6 is 0 Å². The number of nitrogens with one attached hydrogen (secondary N) is 1. The first-order chi connectivity index (χ1) is 14.5.